The van der Waals surface area contributed by atoms with Crippen molar-refractivity contribution in [1.82, 2.24) is 15.3 Å². The number of ether oxygens (including phenoxy) is 1. The van der Waals surface area contributed by atoms with Gasteiger partial charge < -0.3 is 15.0 Å². The Morgan fingerprint density at radius 2 is 2.30 bits per heavy atom. The quantitative estimate of drug-likeness (QED) is 0.765. The van der Waals surface area contributed by atoms with E-state index in [4.69, 9.17) is 4.74 Å². The Balaban J connectivity index is 1.80. The highest BCUT2D eigenvalue weighted by atomic mass is 19.1. The van der Waals surface area contributed by atoms with Gasteiger partial charge in [0.1, 0.15) is 5.82 Å². The summed E-state index contributed by atoms with van der Waals surface area (Å²) in [6.07, 6.45) is 5.50. The summed E-state index contributed by atoms with van der Waals surface area (Å²) in [6.45, 7) is 2.93. The van der Waals surface area contributed by atoms with Crippen molar-refractivity contribution in [3.8, 4) is 5.75 Å². The van der Waals surface area contributed by atoms with Crippen molar-refractivity contribution in [2.75, 3.05) is 13.7 Å². The molecule has 2 rings (SSSR count). The van der Waals surface area contributed by atoms with Crippen molar-refractivity contribution in [3.63, 3.8) is 0 Å². The summed E-state index contributed by atoms with van der Waals surface area (Å²) >= 11 is 0. The van der Waals surface area contributed by atoms with E-state index in [1.54, 1.807) is 18.3 Å². The molecule has 1 heterocycles. The van der Waals surface area contributed by atoms with Crippen LogP contribution in [0, 0.1) is 5.82 Å². The normalized spacial score (nSPS) is 12.3. The molecule has 0 bridgehead atoms. The minimum Gasteiger partial charge on any atom is -0.494 e. The Kier molecular flexibility index (Phi) is 5.12. The predicted molar refractivity (Wildman–Crippen MR) is 76.3 cm³/mol. The smallest absolute Gasteiger partial charge is 0.165 e. The second-order valence-electron chi connectivity index (χ2n) is 4.71. The van der Waals surface area contributed by atoms with Gasteiger partial charge in [0, 0.05) is 24.9 Å². The minimum absolute atomic E-state index is 0.154. The van der Waals surface area contributed by atoms with Crippen LogP contribution in [-0.4, -0.2) is 23.6 Å². The van der Waals surface area contributed by atoms with Crippen LogP contribution in [0.2, 0.25) is 0 Å². The Morgan fingerprint density at radius 1 is 1.45 bits per heavy atom. The summed E-state index contributed by atoms with van der Waals surface area (Å²) in [4.78, 5) is 7.26. The van der Waals surface area contributed by atoms with Gasteiger partial charge in [-0.05, 0) is 37.6 Å². The standard InChI is InChI=1S/C15H20FN3O/c1-11(12-5-6-13(16)14(10-12)20-2)17-7-3-4-15-18-8-9-19-15/h5-6,8-11,17H,3-4,7H2,1-2H3,(H,18,19). The van der Waals surface area contributed by atoms with Crippen molar-refractivity contribution < 1.29 is 9.13 Å². The lowest BCUT2D eigenvalue weighted by Gasteiger charge is -2.15. The van der Waals surface area contributed by atoms with E-state index >= 15 is 0 Å². The zero-order valence-corrected chi connectivity index (χ0v) is 11.8. The van der Waals surface area contributed by atoms with Crippen molar-refractivity contribution in [2.24, 2.45) is 0 Å². The molecular formula is C15H20FN3O. The predicted octanol–water partition coefficient (Wildman–Crippen LogP) is 2.84. The average Bonchev–Trinajstić information content (AvgIpc) is 2.97. The molecule has 0 spiro atoms. The van der Waals surface area contributed by atoms with Gasteiger partial charge in [0.2, 0.25) is 0 Å². The number of imidazole rings is 1. The molecule has 2 aromatic rings. The lowest BCUT2D eigenvalue weighted by Crippen LogP contribution is -2.20. The number of nitrogens with zero attached hydrogens (tertiary/aromatic N) is 1. The fraction of sp³-hybridized carbons (Fsp3) is 0.400. The van der Waals surface area contributed by atoms with Gasteiger partial charge in [0.25, 0.3) is 0 Å². The zero-order valence-electron chi connectivity index (χ0n) is 11.8. The van der Waals surface area contributed by atoms with Crippen LogP contribution in [0.3, 0.4) is 0 Å². The number of aromatic amines is 1. The first-order chi connectivity index (χ1) is 9.70. The van der Waals surface area contributed by atoms with Gasteiger partial charge in [0.15, 0.2) is 11.6 Å². The summed E-state index contributed by atoms with van der Waals surface area (Å²) in [5.41, 5.74) is 1.02. The highest BCUT2D eigenvalue weighted by molar-refractivity contribution is 5.31. The molecule has 1 aromatic heterocycles. The van der Waals surface area contributed by atoms with Crippen LogP contribution in [0.4, 0.5) is 4.39 Å². The second kappa shape index (κ2) is 7.05. The first-order valence-electron chi connectivity index (χ1n) is 6.76. The molecular weight excluding hydrogens is 257 g/mol. The Bertz CT molecular complexity index is 528. The third-order valence-electron chi connectivity index (χ3n) is 3.27. The number of H-pyrrole nitrogens is 1. The van der Waals surface area contributed by atoms with Crippen molar-refractivity contribution in [1.29, 1.82) is 0 Å². The number of rotatable bonds is 7. The average molecular weight is 277 g/mol. The van der Waals surface area contributed by atoms with Gasteiger partial charge in [-0.1, -0.05) is 6.07 Å². The van der Waals surface area contributed by atoms with E-state index in [2.05, 4.69) is 22.2 Å². The second-order valence-corrected chi connectivity index (χ2v) is 4.71. The number of benzene rings is 1. The SMILES string of the molecule is COc1cc(C(C)NCCCc2ncc[nH]2)ccc1F. The van der Waals surface area contributed by atoms with Crippen LogP contribution < -0.4 is 10.1 Å². The molecule has 0 fully saturated rings. The van der Waals surface area contributed by atoms with Crippen LogP contribution in [0.25, 0.3) is 0 Å². The topological polar surface area (TPSA) is 49.9 Å². The molecule has 0 amide bonds. The number of nitrogens with one attached hydrogen (secondary N) is 2. The van der Waals surface area contributed by atoms with Crippen molar-refractivity contribution in [2.45, 2.75) is 25.8 Å². The van der Waals surface area contributed by atoms with E-state index < -0.39 is 0 Å². The summed E-state index contributed by atoms with van der Waals surface area (Å²) in [7, 11) is 1.48. The largest absolute Gasteiger partial charge is 0.494 e. The summed E-state index contributed by atoms with van der Waals surface area (Å²) in [6, 6.07) is 5.11. The molecule has 0 radical (unpaired) electrons. The number of hydrogen-bond acceptors (Lipinski definition) is 3. The van der Waals surface area contributed by atoms with Gasteiger partial charge in [-0.25, -0.2) is 9.37 Å². The molecule has 20 heavy (non-hydrogen) atoms. The monoisotopic (exact) mass is 277 g/mol. The first kappa shape index (κ1) is 14.5. The van der Waals surface area contributed by atoms with Crippen LogP contribution in [0.5, 0.6) is 5.75 Å². The number of halogens is 1. The minimum atomic E-state index is -0.332. The maximum atomic E-state index is 13.3. The Hall–Kier alpha value is -1.88. The molecule has 1 aromatic carbocycles. The van der Waals surface area contributed by atoms with Gasteiger partial charge in [-0.15, -0.1) is 0 Å². The fourth-order valence-corrected chi connectivity index (χ4v) is 2.07. The molecule has 0 saturated heterocycles. The Morgan fingerprint density at radius 3 is 3.00 bits per heavy atom. The van der Waals surface area contributed by atoms with Crippen LogP contribution in [0.15, 0.2) is 30.6 Å². The zero-order chi connectivity index (χ0) is 14.4. The fourth-order valence-electron chi connectivity index (χ4n) is 2.07. The van der Waals surface area contributed by atoms with E-state index in [-0.39, 0.29) is 17.6 Å². The van der Waals surface area contributed by atoms with Gasteiger partial charge in [0.05, 0.1) is 7.11 Å². The molecule has 0 saturated carbocycles. The molecule has 0 aliphatic carbocycles. The van der Waals surface area contributed by atoms with E-state index in [1.165, 1.54) is 13.2 Å². The van der Waals surface area contributed by atoms with Crippen LogP contribution >= 0.6 is 0 Å². The molecule has 1 atom stereocenters. The molecule has 4 nitrogen and oxygen atoms in total. The molecule has 0 aliphatic rings. The van der Waals surface area contributed by atoms with Crippen molar-refractivity contribution in [3.05, 3.63) is 47.8 Å². The van der Waals surface area contributed by atoms with Gasteiger partial charge in [-0.2, -0.15) is 0 Å². The summed E-state index contributed by atoms with van der Waals surface area (Å²) < 4.78 is 18.3. The summed E-state index contributed by atoms with van der Waals surface area (Å²) in [5.74, 6) is 0.955. The number of methoxy groups -OCH3 is 1. The van der Waals surface area contributed by atoms with E-state index in [9.17, 15) is 4.39 Å². The van der Waals surface area contributed by atoms with Crippen LogP contribution in [0.1, 0.15) is 30.8 Å². The third-order valence-corrected chi connectivity index (χ3v) is 3.27. The van der Waals surface area contributed by atoms with Gasteiger partial charge in [-0.3, -0.25) is 0 Å². The van der Waals surface area contributed by atoms with Crippen molar-refractivity contribution >= 4 is 0 Å². The van der Waals surface area contributed by atoms with E-state index in [0.717, 1.165) is 30.8 Å². The summed E-state index contributed by atoms with van der Waals surface area (Å²) in [5, 5.41) is 3.41. The first-order valence-corrected chi connectivity index (χ1v) is 6.76. The molecule has 2 N–H and O–H groups in total. The van der Waals surface area contributed by atoms with E-state index in [1.807, 2.05) is 6.20 Å². The maximum Gasteiger partial charge on any atom is 0.165 e. The molecule has 5 heteroatoms. The van der Waals surface area contributed by atoms with Crippen LogP contribution in [-0.2, 0) is 6.42 Å². The highest BCUT2D eigenvalue weighted by Crippen LogP contribution is 2.22. The Labute approximate surface area is 118 Å². The lowest BCUT2D eigenvalue weighted by atomic mass is 10.1. The van der Waals surface area contributed by atoms with Gasteiger partial charge >= 0.3 is 0 Å². The molecule has 0 aliphatic heterocycles. The number of hydrogen-bond donors (Lipinski definition) is 2. The van der Waals surface area contributed by atoms with E-state index in [0.29, 0.717) is 0 Å². The molecule has 108 valence electrons. The highest BCUT2D eigenvalue weighted by Gasteiger charge is 2.09. The lowest BCUT2D eigenvalue weighted by molar-refractivity contribution is 0.385. The molecule has 1 unspecified atom stereocenters. The maximum absolute atomic E-state index is 13.3. The number of aromatic nitrogens is 2. The third kappa shape index (κ3) is 3.81. The number of aryl methyl sites for hydroxylation is 1.